The van der Waals surface area contributed by atoms with Crippen molar-refractivity contribution in [2.24, 2.45) is 0 Å². The van der Waals surface area contributed by atoms with Crippen LogP contribution in [-0.2, 0) is 9.84 Å². The Morgan fingerprint density at radius 2 is 2.13 bits per heavy atom. The predicted molar refractivity (Wildman–Crippen MR) is 64.2 cm³/mol. The van der Waals surface area contributed by atoms with Gasteiger partial charge in [0, 0.05) is 18.5 Å². The number of sulfone groups is 1. The van der Waals surface area contributed by atoms with E-state index in [0.717, 1.165) is 25.9 Å². The van der Waals surface area contributed by atoms with Gasteiger partial charge < -0.3 is 4.90 Å². The lowest BCUT2D eigenvalue weighted by Gasteiger charge is -2.29. The van der Waals surface area contributed by atoms with Crippen LogP contribution in [0, 0.1) is 0 Å². The fourth-order valence-corrected chi connectivity index (χ4v) is 3.03. The van der Waals surface area contributed by atoms with Crippen molar-refractivity contribution in [1.82, 2.24) is 4.90 Å². The molecular formula is C10H20ClNO2S. The molecule has 0 N–H and O–H groups in total. The number of halogens is 1. The first-order valence-corrected chi connectivity index (χ1v) is 7.65. The van der Waals surface area contributed by atoms with Gasteiger partial charge in [0.2, 0.25) is 0 Å². The smallest absolute Gasteiger partial charge is 0.153 e. The van der Waals surface area contributed by atoms with Crippen LogP contribution in [0.5, 0.6) is 0 Å². The minimum atomic E-state index is -2.90. The second-order valence-corrected chi connectivity index (χ2v) is 7.75. The molecule has 1 unspecified atom stereocenters. The molecule has 5 heteroatoms. The summed E-state index contributed by atoms with van der Waals surface area (Å²) >= 11 is 6.03. The molecule has 0 bridgehead atoms. The molecule has 1 rings (SSSR count). The van der Waals surface area contributed by atoms with E-state index in [9.17, 15) is 8.42 Å². The van der Waals surface area contributed by atoms with E-state index in [2.05, 4.69) is 4.90 Å². The third kappa shape index (κ3) is 4.29. The summed E-state index contributed by atoms with van der Waals surface area (Å²) in [5.41, 5.74) is 0. The Hall–Kier alpha value is 0.200. The Kier molecular flexibility index (Phi) is 4.87. The van der Waals surface area contributed by atoms with Crippen LogP contribution in [0.2, 0.25) is 0 Å². The molecule has 0 saturated carbocycles. The van der Waals surface area contributed by atoms with Gasteiger partial charge in [-0.2, -0.15) is 0 Å². The summed E-state index contributed by atoms with van der Waals surface area (Å²) < 4.78 is 23.2. The van der Waals surface area contributed by atoms with Crippen LogP contribution in [0.3, 0.4) is 0 Å². The van der Waals surface area contributed by atoms with Crippen LogP contribution in [0.4, 0.5) is 0 Å². The van der Waals surface area contributed by atoms with E-state index in [0.29, 0.717) is 6.54 Å². The van der Waals surface area contributed by atoms with Gasteiger partial charge in [0.05, 0.1) is 11.0 Å². The molecule has 1 atom stereocenters. The SMILES string of the molecule is CC(C)S(=O)(=O)CCN1CCCC(Cl)C1. The summed E-state index contributed by atoms with van der Waals surface area (Å²) in [5, 5.41) is -0.0745. The molecule has 0 aromatic rings. The zero-order valence-electron chi connectivity index (χ0n) is 9.45. The Morgan fingerprint density at radius 3 is 2.67 bits per heavy atom. The maximum Gasteiger partial charge on any atom is 0.153 e. The quantitative estimate of drug-likeness (QED) is 0.713. The summed E-state index contributed by atoms with van der Waals surface area (Å²) in [6, 6.07) is 0. The molecule has 0 aromatic carbocycles. The molecule has 90 valence electrons. The van der Waals surface area contributed by atoms with Crippen LogP contribution < -0.4 is 0 Å². The maximum atomic E-state index is 11.6. The first-order valence-electron chi connectivity index (χ1n) is 5.50. The Labute approximate surface area is 97.7 Å². The standard InChI is InChI=1S/C10H20ClNO2S/c1-9(2)15(13,14)7-6-12-5-3-4-10(11)8-12/h9-10H,3-8H2,1-2H3. The molecule has 0 radical (unpaired) electrons. The first-order chi connectivity index (χ1) is 6.92. The second-order valence-electron chi connectivity index (χ2n) is 4.46. The number of hydrogen-bond donors (Lipinski definition) is 0. The van der Waals surface area contributed by atoms with Crippen LogP contribution >= 0.6 is 11.6 Å². The van der Waals surface area contributed by atoms with E-state index in [1.165, 1.54) is 0 Å². The number of piperidine rings is 1. The largest absolute Gasteiger partial charge is 0.301 e. The fourth-order valence-electron chi connectivity index (χ4n) is 1.69. The first kappa shape index (κ1) is 13.3. The van der Waals surface area contributed by atoms with Crippen LogP contribution in [0.25, 0.3) is 0 Å². The summed E-state index contributed by atoms with van der Waals surface area (Å²) in [6.45, 7) is 5.90. The van der Waals surface area contributed by atoms with E-state index in [4.69, 9.17) is 11.6 Å². The summed E-state index contributed by atoms with van der Waals surface area (Å²) in [7, 11) is -2.90. The lowest BCUT2D eigenvalue weighted by molar-refractivity contribution is 0.244. The van der Waals surface area contributed by atoms with Gasteiger partial charge in [0.15, 0.2) is 9.84 Å². The highest BCUT2D eigenvalue weighted by atomic mass is 35.5. The highest BCUT2D eigenvalue weighted by Gasteiger charge is 2.21. The Bertz CT molecular complexity index is 290. The van der Waals surface area contributed by atoms with Gasteiger partial charge in [-0.1, -0.05) is 0 Å². The van der Waals surface area contributed by atoms with Gasteiger partial charge in [-0.05, 0) is 33.2 Å². The predicted octanol–water partition coefficient (Wildman–Crippen LogP) is 1.51. The molecule has 0 aromatic heterocycles. The minimum Gasteiger partial charge on any atom is -0.301 e. The molecule has 15 heavy (non-hydrogen) atoms. The molecule has 1 fully saturated rings. The van der Waals surface area contributed by atoms with Crippen LogP contribution in [-0.4, -0.2) is 49.3 Å². The number of alkyl halides is 1. The topological polar surface area (TPSA) is 37.4 Å². The third-order valence-electron chi connectivity index (χ3n) is 2.86. The van der Waals surface area contributed by atoms with Crippen LogP contribution in [0.1, 0.15) is 26.7 Å². The third-order valence-corrected chi connectivity index (χ3v) is 5.40. The lowest BCUT2D eigenvalue weighted by atomic mass is 10.1. The highest BCUT2D eigenvalue weighted by Crippen LogP contribution is 2.15. The van der Waals surface area contributed by atoms with Gasteiger partial charge in [0.1, 0.15) is 0 Å². The Morgan fingerprint density at radius 1 is 1.47 bits per heavy atom. The van der Waals surface area contributed by atoms with Gasteiger partial charge in [-0.3, -0.25) is 0 Å². The molecule has 0 spiro atoms. The zero-order chi connectivity index (χ0) is 11.5. The van der Waals surface area contributed by atoms with E-state index in [-0.39, 0.29) is 16.4 Å². The van der Waals surface area contributed by atoms with Crippen molar-refractivity contribution in [1.29, 1.82) is 0 Å². The molecule has 3 nitrogen and oxygen atoms in total. The van der Waals surface area contributed by atoms with Crippen molar-refractivity contribution in [3.63, 3.8) is 0 Å². The number of likely N-dealkylation sites (tertiary alicyclic amines) is 1. The summed E-state index contributed by atoms with van der Waals surface area (Å²) in [4.78, 5) is 2.15. The van der Waals surface area contributed by atoms with Crippen molar-refractivity contribution in [3.05, 3.63) is 0 Å². The van der Waals surface area contributed by atoms with Gasteiger partial charge in [0.25, 0.3) is 0 Å². The molecule has 0 amide bonds. The normalized spacial score (nSPS) is 24.7. The van der Waals surface area contributed by atoms with Gasteiger partial charge in [-0.25, -0.2) is 8.42 Å². The number of nitrogens with zero attached hydrogens (tertiary/aromatic N) is 1. The average Bonchev–Trinajstić information content (AvgIpc) is 2.15. The van der Waals surface area contributed by atoms with Crippen LogP contribution in [0.15, 0.2) is 0 Å². The fraction of sp³-hybridized carbons (Fsp3) is 1.00. The molecule has 1 heterocycles. The maximum absolute atomic E-state index is 11.6. The second kappa shape index (κ2) is 5.51. The van der Waals surface area contributed by atoms with E-state index in [1.54, 1.807) is 13.8 Å². The van der Waals surface area contributed by atoms with Crippen molar-refractivity contribution < 1.29 is 8.42 Å². The molecular weight excluding hydrogens is 234 g/mol. The van der Waals surface area contributed by atoms with Crippen molar-refractivity contribution in [2.75, 3.05) is 25.4 Å². The summed E-state index contributed by atoms with van der Waals surface area (Å²) in [5.74, 6) is 0.258. The zero-order valence-corrected chi connectivity index (χ0v) is 11.0. The summed E-state index contributed by atoms with van der Waals surface area (Å²) in [6.07, 6.45) is 2.13. The van der Waals surface area contributed by atoms with E-state index in [1.807, 2.05) is 0 Å². The lowest BCUT2D eigenvalue weighted by Crippen LogP contribution is -2.39. The Balaban J connectivity index is 2.37. The minimum absolute atomic E-state index is 0.195. The number of hydrogen-bond acceptors (Lipinski definition) is 3. The van der Waals surface area contributed by atoms with Crippen molar-refractivity contribution in [2.45, 2.75) is 37.3 Å². The van der Waals surface area contributed by atoms with Gasteiger partial charge in [-0.15, -0.1) is 11.6 Å². The monoisotopic (exact) mass is 253 g/mol. The molecule has 1 aliphatic heterocycles. The van der Waals surface area contributed by atoms with E-state index < -0.39 is 9.84 Å². The molecule has 0 aliphatic carbocycles. The average molecular weight is 254 g/mol. The number of rotatable bonds is 4. The molecule has 1 aliphatic rings. The highest BCUT2D eigenvalue weighted by molar-refractivity contribution is 7.92. The van der Waals surface area contributed by atoms with Crippen molar-refractivity contribution >= 4 is 21.4 Å². The van der Waals surface area contributed by atoms with E-state index >= 15 is 0 Å². The van der Waals surface area contributed by atoms with Crippen molar-refractivity contribution in [3.8, 4) is 0 Å². The molecule has 1 saturated heterocycles. The van der Waals surface area contributed by atoms with Gasteiger partial charge >= 0.3 is 0 Å².